The van der Waals surface area contributed by atoms with Crippen molar-refractivity contribution in [3.8, 4) is 0 Å². The van der Waals surface area contributed by atoms with Crippen LogP contribution in [0.4, 0.5) is 0 Å². The number of carbonyl (C=O) groups is 1. The highest BCUT2D eigenvalue weighted by atomic mass is 16.1. The van der Waals surface area contributed by atoms with Gasteiger partial charge in [-0.2, -0.15) is 5.10 Å². The van der Waals surface area contributed by atoms with Crippen LogP contribution in [-0.2, 0) is 24.7 Å². The fourth-order valence-electron chi connectivity index (χ4n) is 1.58. The lowest BCUT2D eigenvalue weighted by molar-refractivity contribution is -0.117. The Morgan fingerprint density at radius 2 is 2.12 bits per heavy atom. The van der Waals surface area contributed by atoms with Crippen LogP contribution in [0, 0.1) is 0 Å². The zero-order valence-electron chi connectivity index (χ0n) is 9.13. The van der Waals surface area contributed by atoms with Gasteiger partial charge in [0, 0.05) is 38.5 Å². The molecule has 0 bridgehead atoms. The van der Waals surface area contributed by atoms with Gasteiger partial charge in [0.1, 0.15) is 5.78 Å². The molecule has 0 radical (unpaired) electrons. The Labute approximate surface area is 93.9 Å². The minimum atomic E-state index is 0.181. The van der Waals surface area contributed by atoms with Crippen LogP contribution in [0.15, 0.2) is 36.9 Å². The summed E-state index contributed by atoms with van der Waals surface area (Å²) < 4.78 is 1.70. The summed E-state index contributed by atoms with van der Waals surface area (Å²) >= 11 is 0. The second kappa shape index (κ2) is 4.70. The molecule has 0 aromatic carbocycles. The molecule has 0 aliphatic heterocycles. The maximum Gasteiger partial charge on any atom is 0.141 e. The molecule has 0 atom stereocenters. The average molecular weight is 215 g/mol. The third kappa shape index (κ3) is 2.76. The highest BCUT2D eigenvalue weighted by molar-refractivity contribution is 5.82. The van der Waals surface area contributed by atoms with Crippen LogP contribution in [0.2, 0.25) is 0 Å². The normalized spacial score (nSPS) is 10.3. The molecular formula is C12H13N3O. The molecule has 0 amide bonds. The van der Waals surface area contributed by atoms with Crippen molar-refractivity contribution in [2.75, 3.05) is 0 Å². The summed E-state index contributed by atoms with van der Waals surface area (Å²) in [5, 5.41) is 4.03. The van der Waals surface area contributed by atoms with Crippen LogP contribution in [0.3, 0.4) is 0 Å². The van der Waals surface area contributed by atoms with Gasteiger partial charge in [-0.15, -0.1) is 0 Å². The molecule has 4 heteroatoms. The first-order valence-corrected chi connectivity index (χ1v) is 5.12. The van der Waals surface area contributed by atoms with Crippen LogP contribution in [0.25, 0.3) is 0 Å². The van der Waals surface area contributed by atoms with Crippen molar-refractivity contribution in [1.29, 1.82) is 0 Å². The van der Waals surface area contributed by atoms with Crippen molar-refractivity contribution < 1.29 is 4.79 Å². The largest absolute Gasteiger partial charge is 0.299 e. The summed E-state index contributed by atoms with van der Waals surface area (Å²) in [5.41, 5.74) is 1.91. The number of hydrogen-bond acceptors (Lipinski definition) is 3. The summed E-state index contributed by atoms with van der Waals surface area (Å²) in [6.45, 7) is 0. The summed E-state index contributed by atoms with van der Waals surface area (Å²) in [4.78, 5) is 15.7. The number of pyridine rings is 1. The molecule has 2 aromatic heterocycles. The minimum Gasteiger partial charge on any atom is -0.299 e. The molecule has 0 aliphatic rings. The molecule has 2 aromatic rings. The SMILES string of the molecule is Cn1cc(CC(=O)Cc2cccnc2)cn1. The van der Waals surface area contributed by atoms with E-state index in [2.05, 4.69) is 10.1 Å². The van der Waals surface area contributed by atoms with Gasteiger partial charge < -0.3 is 0 Å². The van der Waals surface area contributed by atoms with Gasteiger partial charge >= 0.3 is 0 Å². The summed E-state index contributed by atoms with van der Waals surface area (Å²) in [6.07, 6.45) is 7.88. The van der Waals surface area contributed by atoms with E-state index < -0.39 is 0 Å². The smallest absolute Gasteiger partial charge is 0.141 e. The first-order valence-electron chi connectivity index (χ1n) is 5.12. The number of rotatable bonds is 4. The van der Waals surface area contributed by atoms with E-state index in [0.717, 1.165) is 11.1 Å². The van der Waals surface area contributed by atoms with Crippen LogP contribution in [0.5, 0.6) is 0 Å². The molecule has 4 nitrogen and oxygen atoms in total. The van der Waals surface area contributed by atoms with Crippen molar-refractivity contribution in [3.63, 3.8) is 0 Å². The topological polar surface area (TPSA) is 47.8 Å². The van der Waals surface area contributed by atoms with Crippen molar-refractivity contribution in [2.45, 2.75) is 12.8 Å². The number of hydrogen-bond donors (Lipinski definition) is 0. The number of Topliss-reactive ketones (excluding diaryl/α,β-unsaturated/α-hetero) is 1. The Bertz CT molecular complexity index is 476. The average Bonchev–Trinajstić information content (AvgIpc) is 2.65. The van der Waals surface area contributed by atoms with E-state index in [1.165, 1.54) is 0 Å². The highest BCUT2D eigenvalue weighted by Crippen LogP contribution is 2.03. The Hall–Kier alpha value is -1.97. The van der Waals surface area contributed by atoms with Crippen molar-refractivity contribution in [1.82, 2.24) is 14.8 Å². The Morgan fingerprint density at radius 1 is 1.31 bits per heavy atom. The van der Waals surface area contributed by atoms with E-state index >= 15 is 0 Å². The molecule has 0 unspecified atom stereocenters. The van der Waals surface area contributed by atoms with Gasteiger partial charge in [0.2, 0.25) is 0 Å². The van der Waals surface area contributed by atoms with Crippen molar-refractivity contribution in [2.24, 2.45) is 7.05 Å². The molecule has 16 heavy (non-hydrogen) atoms. The van der Waals surface area contributed by atoms with Crippen LogP contribution >= 0.6 is 0 Å². The molecule has 0 spiro atoms. The third-order valence-corrected chi connectivity index (χ3v) is 2.28. The summed E-state index contributed by atoms with van der Waals surface area (Å²) in [5.74, 6) is 0.181. The van der Waals surface area contributed by atoms with Crippen molar-refractivity contribution in [3.05, 3.63) is 48.0 Å². The maximum absolute atomic E-state index is 11.7. The lowest BCUT2D eigenvalue weighted by atomic mass is 10.1. The van der Waals surface area contributed by atoms with E-state index in [1.54, 1.807) is 23.3 Å². The summed E-state index contributed by atoms with van der Waals surface area (Å²) in [6, 6.07) is 3.75. The lowest BCUT2D eigenvalue weighted by Crippen LogP contribution is -2.06. The first-order chi connectivity index (χ1) is 7.74. The molecule has 0 N–H and O–H groups in total. The highest BCUT2D eigenvalue weighted by Gasteiger charge is 2.06. The number of nitrogens with zero attached hydrogens (tertiary/aromatic N) is 3. The molecule has 0 aliphatic carbocycles. The van der Waals surface area contributed by atoms with Gasteiger partial charge in [-0.25, -0.2) is 0 Å². The fourth-order valence-corrected chi connectivity index (χ4v) is 1.58. The third-order valence-electron chi connectivity index (χ3n) is 2.28. The number of ketones is 1. The van der Waals surface area contributed by atoms with Gasteiger partial charge in [-0.3, -0.25) is 14.5 Å². The van der Waals surface area contributed by atoms with Gasteiger partial charge in [0.15, 0.2) is 0 Å². The Balaban J connectivity index is 1.95. The van der Waals surface area contributed by atoms with Gasteiger partial charge in [0.05, 0.1) is 6.20 Å². The molecule has 0 fully saturated rings. The van der Waals surface area contributed by atoms with E-state index in [0.29, 0.717) is 12.8 Å². The van der Waals surface area contributed by atoms with Crippen LogP contribution < -0.4 is 0 Å². The monoisotopic (exact) mass is 215 g/mol. The quantitative estimate of drug-likeness (QED) is 0.769. The van der Waals surface area contributed by atoms with Crippen molar-refractivity contribution >= 4 is 5.78 Å². The number of aryl methyl sites for hydroxylation is 1. The number of carbonyl (C=O) groups excluding carboxylic acids is 1. The van der Waals surface area contributed by atoms with Gasteiger partial charge in [-0.1, -0.05) is 6.07 Å². The second-order valence-electron chi connectivity index (χ2n) is 3.78. The first kappa shape index (κ1) is 10.5. The van der Waals surface area contributed by atoms with Crippen LogP contribution in [0.1, 0.15) is 11.1 Å². The second-order valence-corrected chi connectivity index (χ2v) is 3.78. The van der Waals surface area contributed by atoms with Crippen LogP contribution in [-0.4, -0.2) is 20.5 Å². The molecule has 0 saturated carbocycles. The predicted molar refractivity (Wildman–Crippen MR) is 59.9 cm³/mol. The lowest BCUT2D eigenvalue weighted by Gasteiger charge is -1.98. The van der Waals surface area contributed by atoms with Gasteiger partial charge in [-0.05, 0) is 17.2 Å². The zero-order chi connectivity index (χ0) is 11.4. The van der Waals surface area contributed by atoms with E-state index in [1.807, 2.05) is 25.4 Å². The van der Waals surface area contributed by atoms with Gasteiger partial charge in [0.25, 0.3) is 0 Å². The maximum atomic E-state index is 11.7. The van der Waals surface area contributed by atoms with E-state index in [4.69, 9.17) is 0 Å². The molecule has 0 saturated heterocycles. The molecule has 82 valence electrons. The standard InChI is InChI=1S/C12H13N3O/c1-15-9-11(8-14-15)6-12(16)5-10-3-2-4-13-7-10/h2-4,7-9H,5-6H2,1H3. The van der Waals surface area contributed by atoms with E-state index in [9.17, 15) is 4.79 Å². The summed E-state index contributed by atoms with van der Waals surface area (Å²) in [7, 11) is 1.84. The zero-order valence-corrected chi connectivity index (χ0v) is 9.13. The molecule has 2 rings (SSSR count). The van der Waals surface area contributed by atoms with E-state index in [-0.39, 0.29) is 5.78 Å². The predicted octanol–water partition coefficient (Wildman–Crippen LogP) is 1.17. The molecular weight excluding hydrogens is 202 g/mol. The fraction of sp³-hybridized carbons (Fsp3) is 0.250. The minimum absolute atomic E-state index is 0.181. The Kier molecular flexibility index (Phi) is 3.10. The molecule has 2 heterocycles. The Morgan fingerprint density at radius 3 is 2.75 bits per heavy atom. The number of aromatic nitrogens is 3.